The van der Waals surface area contributed by atoms with E-state index in [1.54, 1.807) is 11.1 Å². The summed E-state index contributed by atoms with van der Waals surface area (Å²) in [6.45, 7) is 17.1. The average molecular weight is 485 g/mol. The van der Waals surface area contributed by atoms with E-state index >= 15 is 0 Å². The van der Waals surface area contributed by atoms with E-state index in [0.29, 0.717) is 22.4 Å². The third-order valence-electron chi connectivity index (χ3n) is 7.92. The Bertz CT molecular complexity index is 850. The molecule has 4 rings (SSSR count). The summed E-state index contributed by atoms with van der Waals surface area (Å²) in [5.41, 5.74) is 6.11. The summed E-state index contributed by atoms with van der Waals surface area (Å²) in [6, 6.07) is 1.05. The molecule has 0 amide bonds. The molecule has 0 saturated carbocycles. The summed E-state index contributed by atoms with van der Waals surface area (Å²) in [5, 5.41) is 8.52. The van der Waals surface area contributed by atoms with E-state index in [0.717, 1.165) is 19.5 Å². The number of rotatable bonds is 5. The molecule has 0 aromatic carbocycles. The van der Waals surface area contributed by atoms with Crippen LogP contribution in [-0.2, 0) is 0 Å². The van der Waals surface area contributed by atoms with Gasteiger partial charge in [-0.25, -0.2) is 0 Å². The summed E-state index contributed by atoms with van der Waals surface area (Å²) in [5.74, 6) is 0. The van der Waals surface area contributed by atoms with Crippen LogP contribution in [-0.4, -0.2) is 46.8 Å². The van der Waals surface area contributed by atoms with E-state index in [2.05, 4.69) is 97.9 Å². The highest BCUT2D eigenvalue weighted by Gasteiger charge is 2.49. The van der Waals surface area contributed by atoms with Gasteiger partial charge in [-0.05, 0) is 84.0 Å². The van der Waals surface area contributed by atoms with Crippen LogP contribution in [0.2, 0.25) is 0 Å². The lowest BCUT2D eigenvalue weighted by molar-refractivity contribution is 0.389. The predicted octanol–water partition coefficient (Wildman–Crippen LogP) is 6.86. The predicted molar refractivity (Wildman–Crippen MR) is 152 cm³/mol. The zero-order valence-corrected chi connectivity index (χ0v) is 23.8. The van der Waals surface area contributed by atoms with E-state index in [4.69, 9.17) is 0 Å². The molecule has 182 valence electrons. The van der Waals surface area contributed by atoms with Gasteiger partial charge in [-0.1, -0.05) is 85.9 Å². The van der Waals surface area contributed by atoms with E-state index in [-0.39, 0.29) is 13.1 Å². The molecular weight excluding hydrogens is 438 g/mol. The Hall–Kier alpha value is -0.520. The fourth-order valence-corrected chi connectivity index (χ4v) is 10.9. The van der Waals surface area contributed by atoms with Gasteiger partial charge < -0.3 is 10.6 Å². The normalized spacial score (nSPS) is 30.2. The maximum atomic E-state index is 3.91. The van der Waals surface area contributed by atoms with Gasteiger partial charge in [-0.2, -0.15) is 0 Å². The first-order valence-electron chi connectivity index (χ1n) is 13.0. The zero-order valence-electron chi connectivity index (χ0n) is 21.8. The van der Waals surface area contributed by atoms with Gasteiger partial charge >= 0.3 is 0 Å². The largest absolute Gasteiger partial charge is 0.313 e. The van der Waals surface area contributed by atoms with Crippen molar-refractivity contribution in [1.82, 2.24) is 10.6 Å². The molecule has 2 heterocycles. The zero-order chi connectivity index (χ0) is 23.9. The Balaban J connectivity index is 1.81. The molecule has 33 heavy (non-hydrogen) atoms. The molecule has 2 fully saturated rings. The van der Waals surface area contributed by atoms with Crippen molar-refractivity contribution in [2.45, 2.75) is 101 Å². The number of nitrogens with one attached hydrogen (secondary N) is 2. The molecule has 3 atom stereocenters. The lowest BCUT2D eigenvalue weighted by Gasteiger charge is -2.46. The molecule has 0 aromatic heterocycles. The van der Waals surface area contributed by atoms with Gasteiger partial charge in [-0.15, -0.1) is 9.24 Å². The maximum absolute atomic E-state index is 3.91. The minimum atomic E-state index is -0.202. The van der Waals surface area contributed by atoms with Gasteiger partial charge in [0.1, 0.15) is 0 Å². The van der Waals surface area contributed by atoms with Crippen molar-refractivity contribution in [3.8, 4) is 0 Å². The van der Waals surface area contributed by atoms with Crippen molar-refractivity contribution in [3.05, 3.63) is 58.7 Å². The fraction of sp³-hybridized carbons (Fsp3) is 0.655. The Morgan fingerprint density at radius 1 is 0.909 bits per heavy atom. The summed E-state index contributed by atoms with van der Waals surface area (Å²) in [7, 11) is 3.22. The first kappa shape index (κ1) is 25.6. The van der Waals surface area contributed by atoms with Gasteiger partial charge in [-0.3, -0.25) is 0 Å². The van der Waals surface area contributed by atoms with E-state index in [1.165, 1.54) is 43.0 Å². The molecule has 0 spiro atoms. The number of hydrogen-bond donors (Lipinski definition) is 2. The topological polar surface area (TPSA) is 24.1 Å². The Morgan fingerprint density at radius 2 is 1.52 bits per heavy atom. The van der Waals surface area contributed by atoms with Crippen LogP contribution in [0.5, 0.6) is 0 Å². The minimum absolute atomic E-state index is 0.0478. The summed E-state index contributed by atoms with van der Waals surface area (Å²) in [4.78, 5) is 0. The second-order valence-electron chi connectivity index (χ2n) is 12.4. The third kappa shape index (κ3) is 5.35. The van der Waals surface area contributed by atoms with Crippen molar-refractivity contribution >= 4 is 17.2 Å². The maximum Gasteiger partial charge on any atom is 0.0405 e. The molecule has 2 aliphatic carbocycles. The molecule has 4 aliphatic rings. The van der Waals surface area contributed by atoms with Crippen molar-refractivity contribution < 1.29 is 0 Å². The SMILES string of the molecule is CC(C)(C)P(CC1=CC(=C2C=CC=CC2)C=C1C(P)(C1CCCN1)C1CCCN1)C(C)(C)C. The van der Waals surface area contributed by atoms with E-state index in [9.17, 15) is 0 Å². The van der Waals surface area contributed by atoms with Crippen molar-refractivity contribution in [2.75, 3.05) is 19.3 Å². The molecule has 0 radical (unpaired) electrons. The highest BCUT2D eigenvalue weighted by atomic mass is 31.1. The Kier molecular flexibility index (Phi) is 7.63. The summed E-state index contributed by atoms with van der Waals surface area (Å²) < 4.78 is 0. The van der Waals surface area contributed by atoms with Gasteiger partial charge in [0.15, 0.2) is 0 Å². The van der Waals surface area contributed by atoms with Crippen LogP contribution in [0.3, 0.4) is 0 Å². The molecule has 2 nitrogen and oxygen atoms in total. The third-order valence-corrected chi connectivity index (χ3v) is 12.9. The fourth-order valence-electron chi connectivity index (χ4n) is 6.46. The molecular formula is C29H46N2P2. The van der Waals surface area contributed by atoms with Crippen molar-refractivity contribution in [2.24, 2.45) is 0 Å². The van der Waals surface area contributed by atoms with Gasteiger partial charge in [0.05, 0.1) is 0 Å². The monoisotopic (exact) mass is 484 g/mol. The summed E-state index contributed by atoms with van der Waals surface area (Å²) in [6.07, 6.45) is 21.5. The first-order valence-corrected chi connectivity index (χ1v) is 15.1. The number of hydrogen-bond acceptors (Lipinski definition) is 2. The van der Waals surface area contributed by atoms with Crippen molar-refractivity contribution in [1.29, 1.82) is 0 Å². The second kappa shape index (κ2) is 9.85. The molecule has 0 aromatic rings. The van der Waals surface area contributed by atoms with Gasteiger partial charge in [0.2, 0.25) is 0 Å². The quantitative estimate of drug-likeness (QED) is 0.417. The van der Waals surface area contributed by atoms with Crippen LogP contribution in [0.4, 0.5) is 0 Å². The molecule has 2 N–H and O–H groups in total. The Labute approximate surface area is 206 Å². The Morgan fingerprint density at radius 3 is 1.97 bits per heavy atom. The standard InChI is InChI=1S/C29H46N2P2/c1-27(2,3)33(28(4,5)6)20-23-18-22(21-12-8-7-9-13-21)19-24(23)29(32,25-14-10-16-30-25)26-15-11-17-31-26/h7-9,12,18-19,25-26,30-31H,10-11,13-17,20,32H2,1-6H3. The van der Waals surface area contributed by atoms with Gasteiger partial charge in [0, 0.05) is 17.2 Å². The van der Waals surface area contributed by atoms with Crippen LogP contribution in [0.25, 0.3) is 0 Å². The average Bonchev–Trinajstić information content (AvgIpc) is 3.52. The highest BCUT2D eigenvalue weighted by molar-refractivity contribution is 7.61. The summed E-state index contributed by atoms with van der Waals surface area (Å²) >= 11 is 0. The van der Waals surface area contributed by atoms with E-state index < -0.39 is 0 Å². The highest BCUT2D eigenvalue weighted by Crippen LogP contribution is 2.62. The molecule has 2 aliphatic heterocycles. The van der Waals surface area contributed by atoms with Crippen LogP contribution < -0.4 is 10.6 Å². The van der Waals surface area contributed by atoms with Crippen LogP contribution in [0, 0.1) is 0 Å². The lowest BCUT2D eigenvalue weighted by Crippen LogP contribution is -2.56. The molecule has 4 heteroatoms. The van der Waals surface area contributed by atoms with Gasteiger partial charge in [0.25, 0.3) is 0 Å². The van der Waals surface area contributed by atoms with Crippen molar-refractivity contribution in [3.63, 3.8) is 0 Å². The number of allylic oxidation sites excluding steroid dienone is 9. The first-order chi connectivity index (χ1) is 15.5. The van der Waals surface area contributed by atoms with Crippen LogP contribution in [0.15, 0.2) is 58.7 Å². The molecule has 3 unspecified atom stereocenters. The lowest BCUT2D eigenvalue weighted by atomic mass is 9.79. The second-order valence-corrected chi connectivity index (χ2v) is 17.2. The van der Waals surface area contributed by atoms with Crippen LogP contribution >= 0.6 is 17.2 Å². The van der Waals surface area contributed by atoms with Crippen LogP contribution in [0.1, 0.15) is 73.6 Å². The minimum Gasteiger partial charge on any atom is -0.313 e. The molecule has 2 saturated heterocycles. The molecule has 0 bridgehead atoms. The van der Waals surface area contributed by atoms with E-state index in [1.807, 2.05) is 0 Å². The smallest absolute Gasteiger partial charge is 0.0405 e.